The average molecular weight is 439 g/mol. The van der Waals surface area contributed by atoms with Crippen LogP contribution in [0.2, 0.25) is 0 Å². The van der Waals surface area contributed by atoms with Gasteiger partial charge in [0.2, 0.25) is 0 Å². The summed E-state index contributed by atoms with van der Waals surface area (Å²) >= 11 is 1.06. The second-order valence-corrected chi connectivity index (χ2v) is 7.37. The lowest BCUT2D eigenvalue weighted by molar-refractivity contribution is -0.121. The zero-order valence-corrected chi connectivity index (χ0v) is 17.9. The number of esters is 2. The van der Waals surface area contributed by atoms with Crippen LogP contribution in [0.3, 0.4) is 0 Å². The summed E-state index contributed by atoms with van der Waals surface area (Å²) in [5.41, 5.74) is 1.44. The Morgan fingerprint density at radius 3 is 2.42 bits per heavy atom. The van der Waals surface area contributed by atoms with Crippen molar-refractivity contribution >= 4 is 34.3 Å². The number of thiazole rings is 1. The third-order valence-corrected chi connectivity index (χ3v) is 5.32. The topological polar surface area (TPSA) is 98.7 Å². The molecule has 8 nitrogen and oxygen atoms in total. The van der Waals surface area contributed by atoms with E-state index in [0.717, 1.165) is 16.9 Å². The molecule has 2 heterocycles. The summed E-state index contributed by atoms with van der Waals surface area (Å²) in [5.74, 6) is -1.66. The van der Waals surface area contributed by atoms with Crippen LogP contribution in [0.4, 0.5) is 5.13 Å². The zero-order valence-electron chi connectivity index (χ0n) is 17.1. The normalized spacial score (nSPS) is 10.4. The molecule has 3 rings (SSSR count). The maximum atomic E-state index is 13.0. The number of aromatic nitrogens is 2. The number of hydrogen-bond acceptors (Lipinski definition) is 8. The molecule has 160 valence electrons. The summed E-state index contributed by atoms with van der Waals surface area (Å²) in [6.07, 6.45) is 1.47. The zero-order chi connectivity index (χ0) is 22.2. The summed E-state index contributed by atoms with van der Waals surface area (Å²) in [6, 6.07) is 14.2. The highest BCUT2D eigenvalue weighted by Gasteiger charge is 2.25. The van der Waals surface area contributed by atoms with Crippen molar-refractivity contribution in [1.82, 2.24) is 9.97 Å². The predicted octanol–water partition coefficient (Wildman–Crippen LogP) is 3.41. The van der Waals surface area contributed by atoms with E-state index in [0.29, 0.717) is 15.7 Å². The van der Waals surface area contributed by atoms with Crippen LogP contribution in [-0.4, -0.2) is 41.0 Å². The molecule has 0 bridgehead atoms. The molecular weight excluding hydrogens is 418 g/mol. The molecule has 1 aromatic carbocycles. The average Bonchev–Trinajstić information content (AvgIpc) is 3.18. The molecule has 0 saturated heterocycles. The van der Waals surface area contributed by atoms with Crippen LogP contribution < -0.4 is 4.90 Å². The van der Waals surface area contributed by atoms with Gasteiger partial charge in [-0.3, -0.25) is 9.69 Å². The lowest BCUT2D eigenvalue weighted by atomic mass is 10.2. The van der Waals surface area contributed by atoms with Crippen molar-refractivity contribution in [3.63, 3.8) is 0 Å². The minimum atomic E-state index is -0.698. The van der Waals surface area contributed by atoms with Gasteiger partial charge >= 0.3 is 11.9 Å². The van der Waals surface area contributed by atoms with E-state index in [4.69, 9.17) is 9.47 Å². The first-order chi connectivity index (χ1) is 15.0. The third kappa shape index (κ3) is 5.73. The van der Waals surface area contributed by atoms with Gasteiger partial charge in [0.1, 0.15) is 10.6 Å². The van der Waals surface area contributed by atoms with Crippen molar-refractivity contribution < 1.29 is 23.9 Å². The number of carbonyl (C=O) groups excluding carboxylic acids is 3. The van der Waals surface area contributed by atoms with Crippen LogP contribution in [0.1, 0.15) is 38.3 Å². The number of hydrogen-bond donors (Lipinski definition) is 0. The van der Waals surface area contributed by atoms with Gasteiger partial charge in [0.15, 0.2) is 11.7 Å². The molecule has 3 aromatic rings. The van der Waals surface area contributed by atoms with E-state index in [9.17, 15) is 14.4 Å². The van der Waals surface area contributed by atoms with Gasteiger partial charge < -0.3 is 9.47 Å². The van der Waals surface area contributed by atoms with Crippen LogP contribution in [-0.2, 0) is 20.8 Å². The quantitative estimate of drug-likeness (QED) is 0.496. The minimum Gasteiger partial charge on any atom is -0.462 e. The Morgan fingerprint density at radius 1 is 1.00 bits per heavy atom. The maximum Gasteiger partial charge on any atom is 0.357 e. The molecule has 0 aliphatic carbocycles. The Bertz CT molecular complexity index is 1050. The van der Waals surface area contributed by atoms with Gasteiger partial charge in [-0.05, 0) is 31.5 Å². The van der Waals surface area contributed by atoms with Crippen molar-refractivity contribution in [2.75, 3.05) is 18.1 Å². The summed E-state index contributed by atoms with van der Waals surface area (Å²) in [4.78, 5) is 47.3. The van der Waals surface area contributed by atoms with Crippen LogP contribution in [0.25, 0.3) is 0 Å². The first-order valence-electron chi connectivity index (χ1n) is 9.56. The van der Waals surface area contributed by atoms with E-state index in [-0.39, 0.29) is 18.8 Å². The van der Waals surface area contributed by atoms with E-state index >= 15 is 0 Å². The fraction of sp³-hybridized carbons (Fsp3) is 0.227. The molecule has 0 aliphatic heterocycles. The molecule has 9 heteroatoms. The highest BCUT2D eigenvalue weighted by atomic mass is 32.1. The fourth-order valence-electron chi connectivity index (χ4n) is 2.67. The van der Waals surface area contributed by atoms with Crippen LogP contribution in [0, 0.1) is 6.92 Å². The van der Waals surface area contributed by atoms with Crippen LogP contribution in [0.5, 0.6) is 0 Å². The van der Waals surface area contributed by atoms with E-state index < -0.39 is 24.5 Å². The fourth-order valence-corrected chi connectivity index (χ4v) is 3.65. The van der Waals surface area contributed by atoms with Crippen molar-refractivity contribution in [2.24, 2.45) is 0 Å². The number of pyridine rings is 1. The summed E-state index contributed by atoms with van der Waals surface area (Å²) < 4.78 is 10.2. The van der Waals surface area contributed by atoms with Crippen molar-refractivity contribution in [3.05, 3.63) is 76.6 Å². The summed E-state index contributed by atoms with van der Waals surface area (Å²) in [7, 11) is 0. The Balaban J connectivity index is 1.81. The number of nitrogens with zero attached hydrogens (tertiary/aromatic N) is 3. The van der Waals surface area contributed by atoms with Gasteiger partial charge in [0, 0.05) is 6.20 Å². The monoisotopic (exact) mass is 439 g/mol. The van der Waals surface area contributed by atoms with Gasteiger partial charge in [-0.25, -0.2) is 19.6 Å². The number of ether oxygens (including phenoxy) is 2. The van der Waals surface area contributed by atoms with Gasteiger partial charge in [-0.2, -0.15) is 0 Å². The number of carbonyl (C=O) groups is 3. The summed E-state index contributed by atoms with van der Waals surface area (Å²) in [6.45, 7) is 3.35. The van der Waals surface area contributed by atoms with Crippen LogP contribution in [0.15, 0.2) is 54.7 Å². The molecule has 0 fully saturated rings. The van der Waals surface area contributed by atoms with Crippen molar-refractivity contribution in [3.8, 4) is 0 Å². The molecule has 0 radical (unpaired) electrons. The number of rotatable bonds is 8. The summed E-state index contributed by atoms with van der Waals surface area (Å²) in [5, 5.41) is 0.322. The molecule has 2 aromatic heterocycles. The Hall–Kier alpha value is -3.59. The highest BCUT2D eigenvalue weighted by Crippen LogP contribution is 2.28. The van der Waals surface area contributed by atoms with Gasteiger partial charge in [-0.15, -0.1) is 0 Å². The Kier molecular flexibility index (Phi) is 7.45. The standard InChI is InChI=1S/C22H21N3O5S/c1-3-29-21(28)19-15(2)24-22(31-19)25(13-16-9-5-4-6-10-16)18(26)14-30-20(27)17-11-7-8-12-23-17/h4-12H,3,13-14H2,1-2H3. The molecule has 0 aliphatic rings. The Morgan fingerprint density at radius 2 is 1.74 bits per heavy atom. The van der Waals surface area contributed by atoms with Crippen molar-refractivity contribution in [1.29, 1.82) is 0 Å². The molecular formula is C22H21N3O5S. The van der Waals surface area contributed by atoms with E-state index in [1.165, 1.54) is 17.2 Å². The first kappa shape index (κ1) is 22.1. The van der Waals surface area contributed by atoms with Gasteiger partial charge in [-0.1, -0.05) is 47.7 Å². The van der Waals surface area contributed by atoms with Crippen molar-refractivity contribution in [2.45, 2.75) is 20.4 Å². The number of aryl methyl sites for hydroxylation is 1. The minimum absolute atomic E-state index is 0.111. The van der Waals surface area contributed by atoms with Crippen LogP contribution >= 0.6 is 11.3 Å². The lowest BCUT2D eigenvalue weighted by Gasteiger charge is -2.20. The molecule has 0 atom stereocenters. The SMILES string of the molecule is CCOC(=O)c1sc(N(Cc2ccccc2)C(=O)COC(=O)c2ccccn2)nc1C. The predicted molar refractivity (Wildman–Crippen MR) is 115 cm³/mol. The van der Waals surface area contributed by atoms with Gasteiger partial charge in [0.25, 0.3) is 5.91 Å². The highest BCUT2D eigenvalue weighted by molar-refractivity contribution is 7.17. The second-order valence-electron chi connectivity index (χ2n) is 6.39. The second kappa shape index (κ2) is 10.4. The molecule has 0 N–H and O–H groups in total. The van der Waals surface area contributed by atoms with E-state index in [1.54, 1.807) is 26.0 Å². The molecule has 1 amide bonds. The third-order valence-electron chi connectivity index (χ3n) is 4.16. The molecule has 31 heavy (non-hydrogen) atoms. The smallest absolute Gasteiger partial charge is 0.357 e. The van der Waals surface area contributed by atoms with Gasteiger partial charge in [0.05, 0.1) is 18.8 Å². The van der Waals surface area contributed by atoms with E-state index in [1.807, 2.05) is 30.3 Å². The first-order valence-corrected chi connectivity index (χ1v) is 10.4. The largest absolute Gasteiger partial charge is 0.462 e. The number of benzene rings is 1. The molecule has 0 saturated carbocycles. The maximum absolute atomic E-state index is 13.0. The number of amides is 1. The molecule has 0 unspecified atom stereocenters. The number of anilines is 1. The van der Waals surface area contributed by atoms with E-state index in [2.05, 4.69) is 9.97 Å². The lowest BCUT2D eigenvalue weighted by Crippen LogP contribution is -2.34. The molecule has 0 spiro atoms. The Labute approximate surface area is 183 Å².